The molecule has 0 aromatic heterocycles. The molecule has 0 atom stereocenters. The van der Waals surface area contributed by atoms with Crippen LogP contribution in [0.4, 0.5) is 9.18 Å². The standard InChI is InChI=1S/C14H18FN3O2/c15-12-4-2-1-3-11(12)9-18-14(20)17-8-7-16-13(19)10-5-6-10/h1-4,10H,5-9H2,(H,16,19)(H2,17,18,20). The van der Waals surface area contributed by atoms with Crippen molar-refractivity contribution in [2.45, 2.75) is 19.4 Å². The number of amides is 3. The summed E-state index contributed by atoms with van der Waals surface area (Å²) >= 11 is 0. The van der Waals surface area contributed by atoms with E-state index < -0.39 is 0 Å². The van der Waals surface area contributed by atoms with Crippen molar-refractivity contribution in [2.24, 2.45) is 5.92 Å². The Morgan fingerprint density at radius 3 is 2.50 bits per heavy atom. The summed E-state index contributed by atoms with van der Waals surface area (Å²) < 4.78 is 13.3. The zero-order valence-electron chi connectivity index (χ0n) is 11.1. The summed E-state index contributed by atoms with van der Waals surface area (Å²) in [6.45, 7) is 0.886. The predicted octanol–water partition coefficient (Wildman–Crippen LogP) is 1.15. The average Bonchev–Trinajstić information content (AvgIpc) is 3.27. The van der Waals surface area contributed by atoms with Crippen LogP contribution in [-0.4, -0.2) is 25.0 Å². The van der Waals surface area contributed by atoms with E-state index in [0.29, 0.717) is 18.7 Å². The molecule has 0 radical (unpaired) electrons. The van der Waals surface area contributed by atoms with Gasteiger partial charge >= 0.3 is 6.03 Å². The van der Waals surface area contributed by atoms with Crippen molar-refractivity contribution in [2.75, 3.05) is 13.1 Å². The van der Waals surface area contributed by atoms with Gasteiger partial charge < -0.3 is 16.0 Å². The van der Waals surface area contributed by atoms with Gasteiger partial charge in [0.2, 0.25) is 5.91 Å². The number of nitrogens with one attached hydrogen (secondary N) is 3. The third-order valence-electron chi connectivity index (χ3n) is 3.06. The maximum Gasteiger partial charge on any atom is 0.315 e. The summed E-state index contributed by atoms with van der Waals surface area (Å²) in [6.07, 6.45) is 1.92. The van der Waals surface area contributed by atoms with Crippen molar-refractivity contribution in [3.05, 3.63) is 35.6 Å². The summed E-state index contributed by atoms with van der Waals surface area (Å²) in [5.41, 5.74) is 0.435. The Morgan fingerprint density at radius 1 is 1.10 bits per heavy atom. The van der Waals surface area contributed by atoms with Crippen LogP contribution >= 0.6 is 0 Å². The van der Waals surface area contributed by atoms with Crippen molar-refractivity contribution in [1.82, 2.24) is 16.0 Å². The maximum atomic E-state index is 13.3. The largest absolute Gasteiger partial charge is 0.354 e. The Hall–Kier alpha value is -2.11. The molecule has 1 aliphatic carbocycles. The van der Waals surface area contributed by atoms with Crippen LogP contribution in [0.3, 0.4) is 0 Å². The van der Waals surface area contributed by atoms with Gasteiger partial charge in [-0.05, 0) is 18.9 Å². The van der Waals surface area contributed by atoms with Gasteiger partial charge in [-0.3, -0.25) is 4.79 Å². The number of urea groups is 1. The topological polar surface area (TPSA) is 70.2 Å². The van der Waals surface area contributed by atoms with Gasteiger partial charge in [-0.2, -0.15) is 0 Å². The molecule has 0 bridgehead atoms. The van der Waals surface area contributed by atoms with Gasteiger partial charge in [0.05, 0.1) is 0 Å². The van der Waals surface area contributed by atoms with E-state index in [1.807, 2.05) is 0 Å². The van der Waals surface area contributed by atoms with Gasteiger partial charge in [-0.25, -0.2) is 9.18 Å². The Labute approximate surface area is 116 Å². The normalized spacial score (nSPS) is 13.7. The zero-order valence-corrected chi connectivity index (χ0v) is 11.1. The summed E-state index contributed by atoms with van der Waals surface area (Å²) in [6, 6.07) is 5.90. The van der Waals surface area contributed by atoms with Gasteiger partial charge in [0.25, 0.3) is 0 Å². The van der Waals surface area contributed by atoms with Crippen molar-refractivity contribution in [3.8, 4) is 0 Å². The lowest BCUT2D eigenvalue weighted by atomic mass is 10.2. The van der Waals surface area contributed by atoms with E-state index in [1.54, 1.807) is 18.2 Å². The van der Waals surface area contributed by atoms with Gasteiger partial charge in [0.1, 0.15) is 5.82 Å². The molecule has 3 amide bonds. The fraction of sp³-hybridized carbons (Fsp3) is 0.429. The molecule has 0 unspecified atom stereocenters. The van der Waals surface area contributed by atoms with E-state index in [4.69, 9.17) is 0 Å². The van der Waals surface area contributed by atoms with Crippen LogP contribution in [0.25, 0.3) is 0 Å². The minimum absolute atomic E-state index is 0.0542. The monoisotopic (exact) mass is 279 g/mol. The van der Waals surface area contributed by atoms with Gasteiger partial charge in [0, 0.05) is 31.1 Å². The molecular weight excluding hydrogens is 261 g/mol. The average molecular weight is 279 g/mol. The number of hydrogen-bond donors (Lipinski definition) is 3. The minimum Gasteiger partial charge on any atom is -0.354 e. The molecule has 0 saturated heterocycles. The van der Waals surface area contributed by atoms with Crippen molar-refractivity contribution in [3.63, 3.8) is 0 Å². The maximum absolute atomic E-state index is 13.3. The number of halogens is 1. The quantitative estimate of drug-likeness (QED) is 0.684. The first kappa shape index (κ1) is 14.3. The Morgan fingerprint density at radius 2 is 1.80 bits per heavy atom. The molecule has 0 aliphatic heterocycles. The third kappa shape index (κ3) is 4.53. The molecular formula is C14H18FN3O2. The van der Waals surface area contributed by atoms with Crippen LogP contribution in [0.2, 0.25) is 0 Å². The Bertz CT molecular complexity index is 489. The molecule has 3 N–H and O–H groups in total. The molecule has 1 aromatic rings. The highest BCUT2D eigenvalue weighted by molar-refractivity contribution is 5.80. The van der Waals surface area contributed by atoms with Crippen LogP contribution in [0.15, 0.2) is 24.3 Å². The second-order valence-electron chi connectivity index (χ2n) is 4.77. The number of carbonyl (C=O) groups excluding carboxylic acids is 2. The number of carbonyl (C=O) groups is 2. The molecule has 1 aromatic carbocycles. The molecule has 1 saturated carbocycles. The second kappa shape index (κ2) is 6.88. The fourth-order valence-electron chi connectivity index (χ4n) is 1.73. The van der Waals surface area contributed by atoms with E-state index >= 15 is 0 Å². The van der Waals surface area contributed by atoms with Gasteiger partial charge in [0.15, 0.2) is 0 Å². The van der Waals surface area contributed by atoms with E-state index in [1.165, 1.54) is 6.07 Å². The lowest BCUT2D eigenvalue weighted by molar-refractivity contribution is -0.122. The van der Waals surface area contributed by atoms with Crippen LogP contribution in [-0.2, 0) is 11.3 Å². The zero-order chi connectivity index (χ0) is 14.4. The minimum atomic E-state index is -0.381. The molecule has 2 rings (SSSR count). The van der Waals surface area contributed by atoms with Crippen LogP contribution in [0.1, 0.15) is 18.4 Å². The van der Waals surface area contributed by atoms with E-state index in [2.05, 4.69) is 16.0 Å². The Balaban J connectivity index is 1.58. The fourth-order valence-corrected chi connectivity index (χ4v) is 1.73. The summed E-state index contributed by atoms with van der Waals surface area (Å²) in [4.78, 5) is 22.8. The number of benzene rings is 1. The summed E-state index contributed by atoms with van der Waals surface area (Å²) in [7, 11) is 0. The second-order valence-corrected chi connectivity index (χ2v) is 4.77. The molecule has 1 fully saturated rings. The van der Waals surface area contributed by atoms with Crippen LogP contribution in [0, 0.1) is 11.7 Å². The van der Waals surface area contributed by atoms with E-state index in [-0.39, 0.29) is 30.2 Å². The first-order chi connectivity index (χ1) is 9.66. The SMILES string of the molecule is O=C(NCCNC(=O)C1CC1)NCc1ccccc1F. The van der Waals surface area contributed by atoms with Crippen molar-refractivity contribution < 1.29 is 14.0 Å². The molecule has 0 spiro atoms. The van der Waals surface area contributed by atoms with E-state index in [9.17, 15) is 14.0 Å². The highest BCUT2D eigenvalue weighted by atomic mass is 19.1. The number of rotatable bonds is 6. The Kier molecular flexibility index (Phi) is 4.92. The third-order valence-corrected chi connectivity index (χ3v) is 3.06. The lowest BCUT2D eigenvalue weighted by Crippen LogP contribution is -2.40. The summed E-state index contributed by atoms with van der Waals surface area (Å²) in [5, 5.41) is 7.90. The first-order valence-electron chi connectivity index (χ1n) is 6.69. The van der Waals surface area contributed by atoms with Gasteiger partial charge in [-0.15, -0.1) is 0 Å². The molecule has 0 heterocycles. The first-order valence-corrected chi connectivity index (χ1v) is 6.69. The summed E-state index contributed by atoms with van der Waals surface area (Å²) in [5.74, 6) is -0.118. The molecule has 1 aliphatic rings. The highest BCUT2D eigenvalue weighted by Gasteiger charge is 2.28. The molecule has 20 heavy (non-hydrogen) atoms. The predicted molar refractivity (Wildman–Crippen MR) is 72.4 cm³/mol. The highest BCUT2D eigenvalue weighted by Crippen LogP contribution is 2.28. The van der Waals surface area contributed by atoms with Crippen molar-refractivity contribution >= 4 is 11.9 Å². The van der Waals surface area contributed by atoms with E-state index in [0.717, 1.165) is 12.8 Å². The molecule has 108 valence electrons. The van der Waals surface area contributed by atoms with Crippen LogP contribution in [0.5, 0.6) is 0 Å². The smallest absolute Gasteiger partial charge is 0.315 e. The van der Waals surface area contributed by atoms with Crippen LogP contribution < -0.4 is 16.0 Å². The van der Waals surface area contributed by atoms with Gasteiger partial charge in [-0.1, -0.05) is 18.2 Å². The molecule has 5 nitrogen and oxygen atoms in total. The lowest BCUT2D eigenvalue weighted by Gasteiger charge is -2.09. The van der Waals surface area contributed by atoms with Crippen molar-refractivity contribution in [1.29, 1.82) is 0 Å². The number of hydrogen-bond acceptors (Lipinski definition) is 2. The molecule has 6 heteroatoms.